The number of hydrogen-bond acceptors (Lipinski definition) is 4. The van der Waals surface area contributed by atoms with E-state index in [2.05, 4.69) is 31.1 Å². The van der Waals surface area contributed by atoms with Crippen LogP contribution in [0.1, 0.15) is 26.2 Å². The van der Waals surface area contributed by atoms with Gasteiger partial charge >= 0.3 is 0 Å². The SMILES string of the molecule is CC(N)C1CCCCN1CC(=O)Nc1ccc(Br)cn1. The molecule has 1 aromatic heterocycles. The van der Waals surface area contributed by atoms with Gasteiger partial charge in [0.25, 0.3) is 0 Å². The highest BCUT2D eigenvalue weighted by Crippen LogP contribution is 2.19. The highest BCUT2D eigenvalue weighted by atomic mass is 79.9. The lowest BCUT2D eigenvalue weighted by Gasteiger charge is -2.37. The van der Waals surface area contributed by atoms with E-state index in [-0.39, 0.29) is 11.9 Å². The lowest BCUT2D eigenvalue weighted by atomic mass is 9.97. The van der Waals surface area contributed by atoms with Crippen LogP contribution in [0.15, 0.2) is 22.8 Å². The molecule has 1 amide bonds. The quantitative estimate of drug-likeness (QED) is 0.879. The van der Waals surface area contributed by atoms with Gasteiger partial charge in [0.15, 0.2) is 0 Å². The minimum atomic E-state index is -0.0348. The Morgan fingerprint density at radius 2 is 2.40 bits per heavy atom. The molecule has 2 heterocycles. The van der Waals surface area contributed by atoms with Crippen LogP contribution in [0.2, 0.25) is 0 Å². The molecule has 1 fully saturated rings. The van der Waals surface area contributed by atoms with Crippen LogP contribution in [0.25, 0.3) is 0 Å². The van der Waals surface area contributed by atoms with Crippen molar-refractivity contribution in [3.63, 3.8) is 0 Å². The number of nitrogens with two attached hydrogens (primary N) is 1. The number of likely N-dealkylation sites (tertiary alicyclic amines) is 1. The zero-order chi connectivity index (χ0) is 14.5. The minimum absolute atomic E-state index is 0.0348. The maximum Gasteiger partial charge on any atom is 0.239 e. The van der Waals surface area contributed by atoms with Crippen molar-refractivity contribution in [2.24, 2.45) is 5.73 Å². The second-order valence-corrected chi connectivity index (χ2v) is 6.22. The van der Waals surface area contributed by atoms with Gasteiger partial charge in [0.2, 0.25) is 5.91 Å². The molecule has 2 rings (SSSR count). The summed E-state index contributed by atoms with van der Waals surface area (Å²) in [4.78, 5) is 18.4. The van der Waals surface area contributed by atoms with Gasteiger partial charge in [0, 0.05) is 22.8 Å². The first kappa shape index (κ1) is 15.4. The van der Waals surface area contributed by atoms with Crippen molar-refractivity contribution < 1.29 is 4.79 Å². The van der Waals surface area contributed by atoms with Crippen LogP contribution in [0.3, 0.4) is 0 Å². The molecule has 0 radical (unpaired) electrons. The fourth-order valence-corrected chi connectivity index (χ4v) is 2.86. The molecule has 6 heteroatoms. The number of halogens is 1. The lowest BCUT2D eigenvalue weighted by Crippen LogP contribution is -2.51. The predicted octanol–water partition coefficient (Wildman–Crippen LogP) is 1.98. The molecule has 1 aromatic rings. The molecule has 20 heavy (non-hydrogen) atoms. The van der Waals surface area contributed by atoms with Crippen LogP contribution in [0, 0.1) is 0 Å². The molecule has 0 bridgehead atoms. The van der Waals surface area contributed by atoms with E-state index in [0.717, 1.165) is 23.9 Å². The van der Waals surface area contributed by atoms with Gasteiger partial charge in [-0.1, -0.05) is 6.42 Å². The summed E-state index contributed by atoms with van der Waals surface area (Å²) >= 11 is 3.32. The number of nitrogens with zero attached hydrogens (tertiary/aromatic N) is 2. The minimum Gasteiger partial charge on any atom is -0.327 e. The van der Waals surface area contributed by atoms with Gasteiger partial charge in [-0.3, -0.25) is 9.69 Å². The van der Waals surface area contributed by atoms with Gasteiger partial charge in [0.1, 0.15) is 5.82 Å². The van der Waals surface area contributed by atoms with E-state index in [1.165, 1.54) is 6.42 Å². The average molecular weight is 341 g/mol. The third-order valence-corrected chi connectivity index (χ3v) is 4.08. The Kier molecular flexibility index (Phi) is 5.51. The summed E-state index contributed by atoms with van der Waals surface area (Å²) in [5.74, 6) is 0.542. The van der Waals surface area contributed by atoms with Gasteiger partial charge in [-0.25, -0.2) is 4.98 Å². The van der Waals surface area contributed by atoms with E-state index in [4.69, 9.17) is 5.73 Å². The molecule has 110 valence electrons. The summed E-state index contributed by atoms with van der Waals surface area (Å²) in [7, 11) is 0. The zero-order valence-corrected chi connectivity index (χ0v) is 13.3. The Morgan fingerprint density at radius 3 is 3.05 bits per heavy atom. The standard InChI is InChI=1S/C14H21BrN4O/c1-10(16)12-4-2-3-7-19(12)9-14(20)18-13-6-5-11(15)8-17-13/h5-6,8,10,12H,2-4,7,9,16H2,1H3,(H,17,18,20). The average Bonchev–Trinajstić information content (AvgIpc) is 2.41. The number of aromatic nitrogens is 1. The molecule has 1 aliphatic rings. The van der Waals surface area contributed by atoms with E-state index in [9.17, 15) is 4.79 Å². The van der Waals surface area contributed by atoms with Crippen molar-refractivity contribution in [3.05, 3.63) is 22.8 Å². The fourth-order valence-electron chi connectivity index (χ4n) is 2.63. The number of carbonyl (C=O) groups excluding carboxylic acids is 1. The monoisotopic (exact) mass is 340 g/mol. The fraction of sp³-hybridized carbons (Fsp3) is 0.571. The molecule has 1 saturated heterocycles. The van der Waals surface area contributed by atoms with Crippen LogP contribution >= 0.6 is 15.9 Å². The summed E-state index contributed by atoms with van der Waals surface area (Å²) in [6.45, 7) is 3.33. The summed E-state index contributed by atoms with van der Waals surface area (Å²) in [5, 5.41) is 2.82. The second-order valence-electron chi connectivity index (χ2n) is 5.30. The predicted molar refractivity (Wildman–Crippen MR) is 83.4 cm³/mol. The maximum absolute atomic E-state index is 12.1. The van der Waals surface area contributed by atoms with Gasteiger partial charge in [-0.15, -0.1) is 0 Å². The summed E-state index contributed by atoms with van der Waals surface area (Å²) < 4.78 is 0.892. The van der Waals surface area contributed by atoms with Gasteiger partial charge in [0.05, 0.1) is 6.54 Å². The Morgan fingerprint density at radius 1 is 1.60 bits per heavy atom. The molecule has 5 nitrogen and oxygen atoms in total. The van der Waals surface area contributed by atoms with E-state index in [1.807, 2.05) is 13.0 Å². The molecular formula is C14H21BrN4O. The molecule has 2 unspecified atom stereocenters. The van der Waals surface area contributed by atoms with Crippen LogP contribution in [-0.2, 0) is 4.79 Å². The molecule has 0 saturated carbocycles. The highest BCUT2D eigenvalue weighted by Gasteiger charge is 2.26. The summed E-state index contributed by atoms with van der Waals surface area (Å²) in [6.07, 6.45) is 5.06. The van der Waals surface area contributed by atoms with E-state index in [1.54, 1.807) is 12.3 Å². The molecule has 0 spiro atoms. The first-order valence-corrected chi connectivity index (χ1v) is 7.76. The van der Waals surface area contributed by atoms with Crippen LogP contribution < -0.4 is 11.1 Å². The second kappa shape index (κ2) is 7.15. The third-order valence-electron chi connectivity index (χ3n) is 3.61. The van der Waals surface area contributed by atoms with Gasteiger partial charge < -0.3 is 11.1 Å². The van der Waals surface area contributed by atoms with Crippen molar-refractivity contribution >= 4 is 27.7 Å². The molecular weight excluding hydrogens is 320 g/mol. The van der Waals surface area contributed by atoms with Crippen LogP contribution in [0.4, 0.5) is 5.82 Å². The van der Waals surface area contributed by atoms with Crippen molar-refractivity contribution in [2.45, 2.75) is 38.3 Å². The summed E-state index contributed by atoms with van der Waals surface area (Å²) in [6, 6.07) is 4.02. The van der Waals surface area contributed by atoms with E-state index >= 15 is 0 Å². The molecule has 3 N–H and O–H groups in total. The summed E-state index contributed by atoms with van der Waals surface area (Å²) in [5.41, 5.74) is 6.01. The van der Waals surface area contributed by atoms with E-state index < -0.39 is 0 Å². The van der Waals surface area contributed by atoms with Gasteiger partial charge in [-0.05, 0) is 54.4 Å². The number of amides is 1. The Labute approximate surface area is 128 Å². The number of piperidine rings is 1. The van der Waals surface area contributed by atoms with Crippen molar-refractivity contribution in [1.29, 1.82) is 0 Å². The highest BCUT2D eigenvalue weighted by molar-refractivity contribution is 9.10. The Balaban J connectivity index is 1.91. The molecule has 1 aliphatic heterocycles. The first-order chi connectivity index (χ1) is 9.56. The third kappa shape index (κ3) is 4.26. The zero-order valence-electron chi connectivity index (χ0n) is 11.7. The Bertz CT molecular complexity index is 449. The Hall–Kier alpha value is -0.980. The maximum atomic E-state index is 12.1. The number of hydrogen-bond donors (Lipinski definition) is 2. The van der Waals surface area contributed by atoms with Crippen molar-refractivity contribution in [1.82, 2.24) is 9.88 Å². The lowest BCUT2D eigenvalue weighted by molar-refractivity contribution is -0.118. The number of carbonyl (C=O) groups is 1. The van der Waals surface area contributed by atoms with Crippen molar-refractivity contribution in [3.8, 4) is 0 Å². The van der Waals surface area contributed by atoms with Crippen molar-refractivity contribution in [2.75, 3.05) is 18.4 Å². The number of nitrogens with one attached hydrogen (secondary N) is 1. The molecule has 2 atom stereocenters. The number of rotatable bonds is 4. The van der Waals surface area contributed by atoms with E-state index in [0.29, 0.717) is 18.4 Å². The number of anilines is 1. The molecule has 0 aliphatic carbocycles. The smallest absolute Gasteiger partial charge is 0.239 e. The topological polar surface area (TPSA) is 71.2 Å². The van der Waals surface area contributed by atoms with Gasteiger partial charge in [-0.2, -0.15) is 0 Å². The largest absolute Gasteiger partial charge is 0.327 e. The normalized spacial score (nSPS) is 21.4. The first-order valence-electron chi connectivity index (χ1n) is 6.97. The molecule has 0 aromatic carbocycles. The number of pyridine rings is 1. The van der Waals surface area contributed by atoms with Crippen LogP contribution in [-0.4, -0.2) is 41.0 Å². The van der Waals surface area contributed by atoms with Crippen LogP contribution in [0.5, 0.6) is 0 Å².